The third-order valence-corrected chi connectivity index (χ3v) is 7.56. The molecule has 31 heavy (non-hydrogen) atoms. The number of halogens is 1. The second-order valence-electron chi connectivity index (χ2n) is 7.50. The van der Waals surface area contributed by atoms with Gasteiger partial charge in [-0.1, -0.05) is 55.8 Å². The number of hydrogen-bond donors (Lipinski definition) is 1. The lowest BCUT2D eigenvalue weighted by molar-refractivity contribution is 0.578. The highest BCUT2D eigenvalue weighted by Crippen LogP contribution is 2.29. The Balaban J connectivity index is 1.95. The first-order chi connectivity index (χ1) is 14.5. The molecule has 3 aromatic rings. The second-order valence-corrected chi connectivity index (χ2v) is 11.4. The topological polar surface area (TPSA) is 97.5 Å². The number of nitrogens with zero attached hydrogens (tertiary/aromatic N) is 1. The first-order valence-electron chi connectivity index (χ1n) is 9.50. The summed E-state index contributed by atoms with van der Waals surface area (Å²) in [7, 11) is -7.58. The Morgan fingerprint density at radius 1 is 0.839 bits per heavy atom. The molecular weight excluding hydrogens is 456 g/mol. The van der Waals surface area contributed by atoms with E-state index in [1.165, 1.54) is 28.6 Å². The highest BCUT2D eigenvalue weighted by Gasteiger charge is 2.26. The molecule has 164 valence electrons. The fourth-order valence-electron chi connectivity index (χ4n) is 3.09. The van der Waals surface area contributed by atoms with Crippen molar-refractivity contribution in [3.63, 3.8) is 0 Å². The third-order valence-electron chi connectivity index (χ3n) is 4.59. The molecule has 0 radical (unpaired) electrons. The molecule has 6 nitrogen and oxygen atoms in total. The number of benzene rings is 3. The van der Waals surface area contributed by atoms with Crippen molar-refractivity contribution in [3.05, 3.63) is 77.8 Å². The van der Waals surface area contributed by atoms with Gasteiger partial charge in [0.15, 0.2) is 0 Å². The minimum atomic E-state index is -3.81. The van der Waals surface area contributed by atoms with Gasteiger partial charge < -0.3 is 0 Å². The fourth-order valence-corrected chi connectivity index (χ4v) is 5.41. The lowest BCUT2D eigenvalue weighted by Crippen LogP contribution is -2.34. The van der Waals surface area contributed by atoms with Crippen LogP contribution in [0.4, 0.5) is 5.69 Å². The average molecular weight is 479 g/mol. The summed E-state index contributed by atoms with van der Waals surface area (Å²) in [6.45, 7) is 4.20. The zero-order valence-electron chi connectivity index (χ0n) is 17.1. The molecule has 0 aliphatic heterocycles. The number of hydrogen-bond acceptors (Lipinski definition) is 4. The fraction of sp³-hybridized carbons (Fsp3) is 0.182. The van der Waals surface area contributed by atoms with Crippen LogP contribution in [0, 0.1) is 5.92 Å². The summed E-state index contributed by atoms with van der Waals surface area (Å²) in [5.41, 5.74) is 1.99. The Morgan fingerprint density at radius 3 is 1.81 bits per heavy atom. The van der Waals surface area contributed by atoms with Gasteiger partial charge in [-0.25, -0.2) is 22.0 Å². The van der Waals surface area contributed by atoms with E-state index >= 15 is 0 Å². The molecule has 3 rings (SSSR count). The second kappa shape index (κ2) is 9.00. The molecule has 0 saturated carbocycles. The van der Waals surface area contributed by atoms with Crippen molar-refractivity contribution < 1.29 is 16.8 Å². The van der Waals surface area contributed by atoms with Crippen LogP contribution < -0.4 is 9.44 Å². The lowest BCUT2D eigenvalue weighted by atomic mass is 10.1. The summed E-state index contributed by atoms with van der Waals surface area (Å²) in [4.78, 5) is 0.166. The molecule has 0 amide bonds. The standard InChI is InChI=1S/C22H23ClN2O4S2/c1-16(2)15-25(20-5-3-4-19(23)14-20)31(28,29)22-12-8-18(9-13-22)17-6-10-21(11-7-17)30(24,26)27/h3-14,16H,15H2,1-2H3,(H2,24,26,27). The zero-order valence-corrected chi connectivity index (χ0v) is 19.5. The van der Waals surface area contributed by atoms with Crippen LogP contribution in [0.25, 0.3) is 11.1 Å². The van der Waals surface area contributed by atoms with Crippen molar-refractivity contribution in [2.45, 2.75) is 23.6 Å². The molecule has 0 bridgehead atoms. The van der Waals surface area contributed by atoms with Gasteiger partial charge in [-0.05, 0) is 59.5 Å². The summed E-state index contributed by atoms with van der Waals surface area (Å²) in [5, 5.41) is 5.58. The van der Waals surface area contributed by atoms with Gasteiger partial charge in [-0.15, -0.1) is 0 Å². The molecule has 2 N–H and O–H groups in total. The summed E-state index contributed by atoms with van der Waals surface area (Å²) in [6.07, 6.45) is 0. The highest BCUT2D eigenvalue weighted by atomic mass is 35.5. The molecule has 0 fully saturated rings. The van der Waals surface area contributed by atoms with Crippen LogP contribution >= 0.6 is 11.6 Å². The van der Waals surface area contributed by atoms with Crippen LogP contribution in [-0.4, -0.2) is 23.4 Å². The molecule has 0 unspecified atom stereocenters. The van der Waals surface area contributed by atoms with Crippen molar-refractivity contribution in [1.82, 2.24) is 0 Å². The van der Waals surface area contributed by atoms with Gasteiger partial charge in [0.05, 0.1) is 15.5 Å². The van der Waals surface area contributed by atoms with E-state index in [1.54, 1.807) is 48.5 Å². The molecule has 0 aliphatic carbocycles. The number of anilines is 1. The van der Waals surface area contributed by atoms with E-state index in [1.807, 2.05) is 13.8 Å². The Kier molecular flexibility index (Phi) is 6.76. The predicted octanol–water partition coefficient (Wildman–Crippen LogP) is 4.51. The summed E-state index contributed by atoms with van der Waals surface area (Å²) in [6, 6.07) is 19.3. The van der Waals surface area contributed by atoms with Crippen molar-refractivity contribution >= 4 is 37.3 Å². The van der Waals surface area contributed by atoms with E-state index < -0.39 is 20.0 Å². The van der Waals surface area contributed by atoms with Crippen molar-refractivity contribution in [3.8, 4) is 11.1 Å². The highest BCUT2D eigenvalue weighted by molar-refractivity contribution is 7.92. The third kappa shape index (κ3) is 5.46. The maximum atomic E-state index is 13.4. The molecule has 9 heteroatoms. The van der Waals surface area contributed by atoms with Crippen molar-refractivity contribution in [2.75, 3.05) is 10.8 Å². The van der Waals surface area contributed by atoms with Gasteiger partial charge in [0.25, 0.3) is 10.0 Å². The molecule has 3 aromatic carbocycles. The Hall–Kier alpha value is -2.39. The molecular formula is C22H23ClN2O4S2. The Morgan fingerprint density at radius 2 is 1.35 bits per heavy atom. The minimum Gasteiger partial charge on any atom is -0.266 e. The molecule has 0 spiro atoms. The largest absolute Gasteiger partial charge is 0.266 e. The maximum absolute atomic E-state index is 13.4. The Bertz CT molecular complexity index is 1270. The summed E-state index contributed by atoms with van der Waals surface area (Å²) in [5.74, 6) is 0.102. The van der Waals surface area contributed by atoms with Crippen LogP contribution in [0.2, 0.25) is 5.02 Å². The van der Waals surface area contributed by atoms with Crippen LogP contribution in [0.5, 0.6) is 0 Å². The van der Waals surface area contributed by atoms with E-state index in [-0.39, 0.29) is 15.7 Å². The molecule has 0 aromatic heterocycles. The van der Waals surface area contributed by atoms with E-state index in [0.29, 0.717) is 17.3 Å². The smallest absolute Gasteiger partial charge is 0.264 e. The van der Waals surface area contributed by atoms with Crippen molar-refractivity contribution in [2.24, 2.45) is 11.1 Å². The van der Waals surface area contributed by atoms with E-state index in [2.05, 4.69) is 0 Å². The predicted molar refractivity (Wildman–Crippen MR) is 124 cm³/mol. The van der Waals surface area contributed by atoms with Gasteiger partial charge in [0.2, 0.25) is 10.0 Å². The molecule has 0 heterocycles. The van der Waals surface area contributed by atoms with Gasteiger partial charge in [-0.3, -0.25) is 4.31 Å². The van der Waals surface area contributed by atoms with E-state index in [9.17, 15) is 16.8 Å². The van der Waals surface area contributed by atoms with Crippen LogP contribution in [0.15, 0.2) is 82.6 Å². The lowest BCUT2D eigenvalue weighted by Gasteiger charge is -2.26. The van der Waals surface area contributed by atoms with Crippen LogP contribution in [0.3, 0.4) is 0 Å². The van der Waals surface area contributed by atoms with E-state index in [0.717, 1.165) is 11.1 Å². The van der Waals surface area contributed by atoms with Crippen molar-refractivity contribution in [1.29, 1.82) is 0 Å². The Labute approximate surface area is 188 Å². The minimum absolute atomic E-state index is 0.0151. The van der Waals surface area contributed by atoms with Gasteiger partial charge in [-0.2, -0.15) is 0 Å². The zero-order chi connectivity index (χ0) is 22.8. The van der Waals surface area contributed by atoms with Gasteiger partial charge >= 0.3 is 0 Å². The molecule has 0 aliphatic rings. The van der Waals surface area contributed by atoms with E-state index in [4.69, 9.17) is 16.7 Å². The van der Waals surface area contributed by atoms with Gasteiger partial charge in [0.1, 0.15) is 0 Å². The average Bonchev–Trinajstić information content (AvgIpc) is 2.71. The van der Waals surface area contributed by atoms with Crippen LogP contribution in [0.1, 0.15) is 13.8 Å². The number of nitrogens with two attached hydrogens (primary N) is 1. The number of primary sulfonamides is 1. The maximum Gasteiger partial charge on any atom is 0.264 e. The first-order valence-corrected chi connectivity index (χ1v) is 12.9. The quantitative estimate of drug-likeness (QED) is 0.540. The SMILES string of the molecule is CC(C)CN(c1cccc(Cl)c1)S(=O)(=O)c1ccc(-c2ccc(S(N)(=O)=O)cc2)cc1. The number of rotatable bonds is 7. The molecule has 0 atom stereocenters. The van der Waals surface area contributed by atoms with Crippen LogP contribution in [-0.2, 0) is 20.0 Å². The number of sulfonamides is 2. The first kappa shape index (κ1) is 23.3. The summed E-state index contributed by atoms with van der Waals surface area (Å²) >= 11 is 6.08. The van der Waals surface area contributed by atoms with Gasteiger partial charge in [0, 0.05) is 11.6 Å². The molecule has 0 saturated heterocycles. The summed E-state index contributed by atoms with van der Waals surface area (Å²) < 4.78 is 51.0. The monoisotopic (exact) mass is 478 g/mol. The normalized spacial score (nSPS) is 12.2.